The number of hydrogen-bond acceptors (Lipinski definition) is 6. The van der Waals surface area contributed by atoms with Crippen LogP contribution in [-0.2, 0) is 20.4 Å². The van der Waals surface area contributed by atoms with Crippen LogP contribution in [0.15, 0.2) is 30.3 Å². The lowest BCUT2D eigenvalue weighted by molar-refractivity contribution is -0.116. The van der Waals surface area contributed by atoms with E-state index in [0.29, 0.717) is 29.2 Å². The highest BCUT2D eigenvalue weighted by Crippen LogP contribution is 2.20. The Morgan fingerprint density at radius 2 is 1.88 bits per heavy atom. The van der Waals surface area contributed by atoms with Gasteiger partial charge in [-0.25, -0.2) is 18.4 Å². The molecule has 7 nitrogen and oxygen atoms in total. The van der Waals surface area contributed by atoms with Gasteiger partial charge in [0.1, 0.15) is 5.82 Å². The molecule has 2 aromatic rings. The fraction of sp³-hybridized carbons (Fsp3) is 0.312. The summed E-state index contributed by atoms with van der Waals surface area (Å²) in [4.78, 5) is 20.0. The molecule has 0 radical (unpaired) electrons. The molecule has 128 valence electrons. The standard InChI is InChI=1S/C16H20N4O3S/c1-3-4-15(21)18-12-7-5-11(6-8-12)16-19-13(9-14(17)20-16)10-24(2,22)23/h5-9H,3-4,10H2,1-2H3,(H,18,21)(H2,17,19,20). The Kier molecular flexibility index (Phi) is 5.50. The third-order valence-electron chi connectivity index (χ3n) is 3.11. The van der Waals surface area contributed by atoms with Gasteiger partial charge in [-0.3, -0.25) is 4.79 Å². The van der Waals surface area contributed by atoms with Crippen molar-refractivity contribution < 1.29 is 13.2 Å². The van der Waals surface area contributed by atoms with Crippen LogP contribution in [0.3, 0.4) is 0 Å². The second-order valence-corrected chi connectivity index (χ2v) is 7.69. The normalized spacial score (nSPS) is 11.2. The molecular weight excluding hydrogens is 328 g/mol. The van der Waals surface area contributed by atoms with E-state index in [9.17, 15) is 13.2 Å². The van der Waals surface area contributed by atoms with Crippen LogP contribution in [0.5, 0.6) is 0 Å². The molecule has 0 bridgehead atoms. The lowest BCUT2D eigenvalue weighted by Gasteiger charge is -2.07. The third kappa shape index (κ3) is 5.31. The maximum atomic E-state index is 11.6. The highest BCUT2D eigenvalue weighted by Gasteiger charge is 2.11. The van der Waals surface area contributed by atoms with Crippen LogP contribution < -0.4 is 11.1 Å². The molecule has 0 fully saturated rings. The van der Waals surface area contributed by atoms with Gasteiger partial charge in [-0.2, -0.15) is 0 Å². The Bertz CT molecular complexity index is 833. The van der Waals surface area contributed by atoms with Crippen LogP contribution in [0.25, 0.3) is 11.4 Å². The zero-order valence-electron chi connectivity index (χ0n) is 13.6. The third-order valence-corrected chi connectivity index (χ3v) is 3.93. The average molecular weight is 348 g/mol. The maximum Gasteiger partial charge on any atom is 0.224 e. The minimum absolute atomic E-state index is 0.0408. The van der Waals surface area contributed by atoms with E-state index in [2.05, 4.69) is 15.3 Å². The van der Waals surface area contributed by atoms with Crippen molar-refractivity contribution in [2.24, 2.45) is 0 Å². The molecule has 1 heterocycles. The second kappa shape index (κ2) is 7.39. The number of nitrogens with two attached hydrogens (primary N) is 1. The number of aromatic nitrogens is 2. The van der Waals surface area contributed by atoms with E-state index >= 15 is 0 Å². The van der Waals surface area contributed by atoms with Crippen LogP contribution in [0, 0.1) is 0 Å². The van der Waals surface area contributed by atoms with Gasteiger partial charge in [0.15, 0.2) is 15.7 Å². The lowest BCUT2D eigenvalue weighted by atomic mass is 10.2. The number of hydrogen-bond donors (Lipinski definition) is 2. The highest BCUT2D eigenvalue weighted by atomic mass is 32.2. The van der Waals surface area contributed by atoms with Crippen molar-refractivity contribution in [1.82, 2.24) is 9.97 Å². The summed E-state index contributed by atoms with van der Waals surface area (Å²) in [5.74, 6) is 0.317. The summed E-state index contributed by atoms with van der Waals surface area (Å²) in [5, 5.41) is 2.79. The summed E-state index contributed by atoms with van der Waals surface area (Å²) in [6.45, 7) is 1.94. The van der Waals surface area contributed by atoms with Crippen LogP contribution in [0.4, 0.5) is 11.5 Å². The van der Waals surface area contributed by atoms with E-state index in [-0.39, 0.29) is 17.5 Å². The van der Waals surface area contributed by atoms with Crippen molar-refractivity contribution in [1.29, 1.82) is 0 Å². The molecule has 2 rings (SSSR count). The minimum atomic E-state index is -3.21. The zero-order chi connectivity index (χ0) is 17.7. The molecule has 0 unspecified atom stereocenters. The number of nitrogen functional groups attached to an aromatic ring is 1. The SMILES string of the molecule is CCCC(=O)Nc1ccc(-c2nc(N)cc(CS(C)(=O)=O)n2)cc1. The summed E-state index contributed by atoms with van der Waals surface area (Å²) >= 11 is 0. The van der Waals surface area contributed by atoms with E-state index < -0.39 is 9.84 Å². The van der Waals surface area contributed by atoms with Gasteiger partial charge in [-0.05, 0) is 30.7 Å². The summed E-state index contributed by atoms with van der Waals surface area (Å²) in [6, 6.07) is 8.43. The smallest absolute Gasteiger partial charge is 0.224 e. The minimum Gasteiger partial charge on any atom is -0.384 e. The topological polar surface area (TPSA) is 115 Å². The molecule has 1 amide bonds. The number of rotatable bonds is 6. The van der Waals surface area contributed by atoms with Crippen LogP contribution in [-0.4, -0.2) is 30.5 Å². The predicted octanol–water partition coefficient (Wildman–Crippen LogP) is 2.01. The number of sulfone groups is 1. The molecule has 0 aliphatic rings. The number of anilines is 2. The quantitative estimate of drug-likeness (QED) is 0.825. The molecule has 3 N–H and O–H groups in total. The molecule has 0 aliphatic heterocycles. The van der Waals surface area contributed by atoms with E-state index in [1.165, 1.54) is 6.07 Å². The Labute approximate surface area is 141 Å². The molecule has 1 aromatic heterocycles. The predicted molar refractivity (Wildman–Crippen MR) is 94.0 cm³/mol. The molecule has 0 atom stereocenters. The van der Waals surface area contributed by atoms with Crippen molar-refractivity contribution in [3.63, 3.8) is 0 Å². The Morgan fingerprint density at radius 3 is 2.46 bits per heavy atom. The molecule has 0 aliphatic carbocycles. The van der Waals surface area contributed by atoms with Gasteiger partial charge < -0.3 is 11.1 Å². The van der Waals surface area contributed by atoms with Crippen molar-refractivity contribution in [3.05, 3.63) is 36.0 Å². The number of benzene rings is 1. The summed E-state index contributed by atoms with van der Waals surface area (Å²) in [6.07, 6.45) is 2.39. The Morgan fingerprint density at radius 1 is 1.21 bits per heavy atom. The summed E-state index contributed by atoms with van der Waals surface area (Å²) in [7, 11) is -3.21. The van der Waals surface area contributed by atoms with Gasteiger partial charge in [0.2, 0.25) is 5.91 Å². The molecular formula is C16H20N4O3S. The monoisotopic (exact) mass is 348 g/mol. The van der Waals surface area contributed by atoms with Crippen molar-refractivity contribution in [2.75, 3.05) is 17.3 Å². The van der Waals surface area contributed by atoms with Crippen LogP contribution in [0.1, 0.15) is 25.5 Å². The summed E-state index contributed by atoms with van der Waals surface area (Å²) < 4.78 is 22.8. The fourth-order valence-corrected chi connectivity index (χ4v) is 2.83. The maximum absolute atomic E-state index is 11.6. The van der Waals surface area contributed by atoms with Crippen molar-refractivity contribution >= 4 is 27.2 Å². The first-order valence-corrected chi connectivity index (χ1v) is 9.54. The molecule has 1 aromatic carbocycles. The van der Waals surface area contributed by atoms with E-state index in [1.54, 1.807) is 24.3 Å². The van der Waals surface area contributed by atoms with E-state index in [1.807, 2.05) is 6.92 Å². The number of carbonyl (C=O) groups excluding carboxylic acids is 1. The van der Waals surface area contributed by atoms with Crippen LogP contribution in [0.2, 0.25) is 0 Å². The zero-order valence-corrected chi connectivity index (χ0v) is 14.4. The van der Waals surface area contributed by atoms with Gasteiger partial charge in [0.25, 0.3) is 0 Å². The van der Waals surface area contributed by atoms with Gasteiger partial charge in [0.05, 0.1) is 11.4 Å². The first-order chi connectivity index (χ1) is 11.3. The highest BCUT2D eigenvalue weighted by molar-refractivity contribution is 7.89. The fourth-order valence-electron chi connectivity index (χ4n) is 2.14. The largest absolute Gasteiger partial charge is 0.384 e. The Balaban J connectivity index is 2.24. The van der Waals surface area contributed by atoms with Gasteiger partial charge in [0, 0.05) is 30.0 Å². The Hall–Kier alpha value is -2.48. The van der Waals surface area contributed by atoms with Gasteiger partial charge in [-0.15, -0.1) is 0 Å². The molecule has 0 spiro atoms. The second-order valence-electron chi connectivity index (χ2n) is 5.55. The summed E-state index contributed by atoms with van der Waals surface area (Å²) in [5.41, 5.74) is 7.45. The van der Waals surface area contributed by atoms with Crippen LogP contribution >= 0.6 is 0 Å². The number of nitrogens with one attached hydrogen (secondary N) is 1. The van der Waals surface area contributed by atoms with Crippen molar-refractivity contribution in [3.8, 4) is 11.4 Å². The average Bonchev–Trinajstić information content (AvgIpc) is 2.45. The van der Waals surface area contributed by atoms with Gasteiger partial charge >= 0.3 is 0 Å². The molecule has 0 saturated carbocycles. The first-order valence-electron chi connectivity index (χ1n) is 7.48. The first kappa shape index (κ1) is 17.9. The molecule has 0 saturated heterocycles. The number of nitrogens with zero attached hydrogens (tertiary/aromatic N) is 2. The van der Waals surface area contributed by atoms with Gasteiger partial charge in [-0.1, -0.05) is 6.92 Å². The molecule has 24 heavy (non-hydrogen) atoms. The van der Waals surface area contributed by atoms with E-state index in [0.717, 1.165) is 12.7 Å². The number of carbonyl (C=O) groups is 1. The molecule has 8 heteroatoms. The van der Waals surface area contributed by atoms with Crippen molar-refractivity contribution in [2.45, 2.75) is 25.5 Å². The van der Waals surface area contributed by atoms with E-state index in [4.69, 9.17) is 5.73 Å². The lowest BCUT2D eigenvalue weighted by Crippen LogP contribution is -2.10. The number of amides is 1.